The van der Waals surface area contributed by atoms with Crippen molar-refractivity contribution in [3.05, 3.63) is 71.8 Å². The summed E-state index contributed by atoms with van der Waals surface area (Å²) in [6.45, 7) is 1.04. The number of nitrogens with zero attached hydrogens (tertiary/aromatic N) is 3. The molecule has 1 fully saturated rings. The van der Waals surface area contributed by atoms with E-state index < -0.39 is 5.82 Å². The van der Waals surface area contributed by atoms with Crippen LogP contribution in [0.5, 0.6) is 0 Å². The zero-order valence-electron chi connectivity index (χ0n) is 14.3. The van der Waals surface area contributed by atoms with Gasteiger partial charge in [0.15, 0.2) is 0 Å². The van der Waals surface area contributed by atoms with Crippen LogP contribution in [-0.2, 0) is 4.79 Å². The number of anilines is 2. The highest BCUT2D eigenvalue weighted by Crippen LogP contribution is 2.27. The first-order chi connectivity index (χ1) is 13.1. The van der Waals surface area contributed by atoms with Crippen LogP contribution in [0, 0.1) is 11.7 Å². The van der Waals surface area contributed by atoms with Gasteiger partial charge >= 0.3 is 0 Å². The average Bonchev–Trinajstić information content (AvgIpc) is 2.64. The van der Waals surface area contributed by atoms with E-state index in [2.05, 4.69) is 15.3 Å². The van der Waals surface area contributed by atoms with Crippen molar-refractivity contribution in [3.63, 3.8) is 0 Å². The Hall–Kier alpha value is -2.99. The van der Waals surface area contributed by atoms with E-state index in [1.807, 2.05) is 41.3 Å². The fourth-order valence-electron chi connectivity index (χ4n) is 2.94. The average molecular weight is 383 g/mol. The number of benzene rings is 2. The molecular formula is C20H16ClFN4O. The van der Waals surface area contributed by atoms with Gasteiger partial charge in [0.1, 0.15) is 18.0 Å². The third-order valence-electron chi connectivity index (χ3n) is 4.49. The molecule has 5 nitrogen and oxygen atoms in total. The molecule has 0 spiro atoms. The molecular weight excluding hydrogens is 367 g/mol. The quantitative estimate of drug-likeness (QED) is 0.740. The molecule has 0 radical (unpaired) electrons. The number of aromatic nitrogens is 2. The minimum Gasteiger partial charge on any atom is -0.355 e. The van der Waals surface area contributed by atoms with Crippen LogP contribution in [0.15, 0.2) is 60.9 Å². The van der Waals surface area contributed by atoms with Crippen LogP contribution in [-0.4, -0.2) is 29.0 Å². The Bertz CT molecular complexity index is 977. The first kappa shape index (κ1) is 17.4. The standard InChI is InChI=1S/C20H16ClFN4O/c21-15-6-7-17(16(22)8-15)25-20(27)14-10-26(11-14)19-9-18(23-12-24-19)13-4-2-1-3-5-13/h1-9,12,14H,10-11H2,(H,25,27). The topological polar surface area (TPSA) is 58.1 Å². The number of carbonyl (C=O) groups excluding carboxylic acids is 1. The number of nitrogens with one attached hydrogen (secondary N) is 1. The highest BCUT2D eigenvalue weighted by molar-refractivity contribution is 6.30. The van der Waals surface area contributed by atoms with E-state index in [4.69, 9.17) is 11.6 Å². The summed E-state index contributed by atoms with van der Waals surface area (Å²) in [4.78, 5) is 22.9. The van der Waals surface area contributed by atoms with E-state index >= 15 is 0 Å². The number of hydrogen-bond donors (Lipinski definition) is 1. The lowest BCUT2D eigenvalue weighted by atomic mass is 9.99. The molecule has 2 aromatic carbocycles. The second-order valence-corrected chi connectivity index (χ2v) is 6.78. The van der Waals surface area contributed by atoms with Crippen LogP contribution in [0.2, 0.25) is 5.02 Å². The summed E-state index contributed by atoms with van der Waals surface area (Å²) in [7, 11) is 0. The smallest absolute Gasteiger partial charge is 0.231 e. The lowest BCUT2D eigenvalue weighted by Crippen LogP contribution is -2.52. The maximum atomic E-state index is 13.8. The van der Waals surface area contributed by atoms with E-state index in [9.17, 15) is 9.18 Å². The van der Waals surface area contributed by atoms with Gasteiger partial charge < -0.3 is 10.2 Å². The molecule has 4 rings (SSSR count). The Morgan fingerprint density at radius 3 is 2.63 bits per heavy atom. The SMILES string of the molecule is O=C(Nc1ccc(Cl)cc1F)C1CN(c2cc(-c3ccccc3)ncn2)C1. The third-order valence-corrected chi connectivity index (χ3v) is 4.72. The number of halogens is 2. The van der Waals surface area contributed by atoms with Gasteiger partial charge in [-0.2, -0.15) is 0 Å². The van der Waals surface area contributed by atoms with Gasteiger partial charge in [0, 0.05) is 29.7 Å². The third kappa shape index (κ3) is 3.75. The fourth-order valence-corrected chi connectivity index (χ4v) is 3.10. The predicted octanol–water partition coefficient (Wildman–Crippen LogP) is 4.01. The van der Waals surface area contributed by atoms with E-state index in [-0.39, 0.29) is 17.5 Å². The molecule has 0 aliphatic carbocycles. The normalized spacial score (nSPS) is 13.9. The highest BCUT2D eigenvalue weighted by Gasteiger charge is 2.34. The molecule has 0 unspecified atom stereocenters. The minimum atomic E-state index is -0.546. The van der Waals surface area contributed by atoms with Crippen LogP contribution in [0.4, 0.5) is 15.9 Å². The number of amides is 1. The van der Waals surface area contributed by atoms with E-state index in [1.165, 1.54) is 18.5 Å². The second kappa shape index (κ2) is 7.32. The van der Waals surface area contributed by atoms with Crippen molar-refractivity contribution >= 4 is 29.0 Å². The van der Waals surface area contributed by atoms with Gasteiger partial charge in [-0.25, -0.2) is 14.4 Å². The molecule has 0 saturated carbocycles. The molecule has 1 aromatic heterocycles. The molecule has 2 heterocycles. The molecule has 136 valence electrons. The van der Waals surface area contributed by atoms with Crippen molar-refractivity contribution in [2.45, 2.75) is 0 Å². The maximum absolute atomic E-state index is 13.8. The van der Waals surface area contributed by atoms with Crippen LogP contribution >= 0.6 is 11.6 Å². The minimum absolute atomic E-state index is 0.135. The molecule has 0 atom stereocenters. The molecule has 1 aliphatic heterocycles. The Kier molecular flexibility index (Phi) is 4.73. The van der Waals surface area contributed by atoms with Gasteiger partial charge in [0.05, 0.1) is 17.3 Å². The molecule has 7 heteroatoms. The summed E-state index contributed by atoms with van der Waals surface area (Å²) >= 11 is 5.73. The summed E-state index contributed by atoms with van der Waals surface area (Å²) in [6.07, 6.45) is 1.52. The van der Waals surface area contributed by atoms with Gasteiger partial charge in [-0.15, -0.1) is 0 Å². The summed E-state index contributed by atoms with van der Waals surface area (Å²) in [5.74, 6) is -0.221. The lowest BCUT2D eigenvalue weighted by molar-refractivity contribution is -0.120. The molecule has 27 heavy (non-hydrogen) atoms. The first-order valence-electron chi connectivity index (χ1n) is 8.48. The predicted molar refractivity (Wildman–Crippen MR) is 103 cm³/mol. The van der Waals surface area contributed by atoms with Crippen LogP contribution in [0.3, 0.4) is 0 Å². The monoisotopic (exact) mass is 382 g/mol. The number of hydrogen-bond acceptors (Lipinski definition) is 4. The van der Waals surface area contributed by atoms with E-state index in [1.54, 1.807) is 6.07 Å². The highest BCUT2D eigenvalue weighted by atomic mass is 35.5. The summed E-state index contributed by atoms with van der Waals surface area (Å²) in [6, 6.07) is 15.9. The van der Waals surface area contributed by atoms with Crippen molar-refractivity contribution in [1.82, 2.24) is 9.97 Å². The van der Waals surface area contributed by atoms with Crippen molar-refractivity contribution in [2.75, 3.05) is 23.3 Å². The van der Waals surface area contributed by atoms with Crippen LogP contribution in [0.25, 0.3) is 11.3 Å². The Morgan fingerprint density at radius 1 is 1.11 bits per heavy atom. The second-order valence-electron chi connectivity index (χ2n) is 6.34. The van der Waals surface area contributed by atoms with Crippen molar-refractivity contribution in [1.29, 1.82) is 0 Å². The van der Waals surface area contributed by atoms with Crippen LogP contribution in [0.1, 0.15) is 0 Å². The van der Waals surface area contributed by atoms with Crippen molar-refractivity contribution in [2.24, 2.45) is 5.92 Å². The molecule has 1 N–H and O–H groups in total. The molecule has 3 aromatic rings. The Labute approximate surface area is 160 Å². The molecule has 1 amide bonds. The summed E-state index contributed by atoms with van der Waals surface area (Å²) in [5.41, 5.74) is 1.97. The van der Waals surface area contributed by atoms with E-state index in [0.29, 0.717) is 18.1 Å². The first-order valence-corrected chi connectivity index (χ1v) is 8.86. The fraction of sp³-hybridized carbons (Fsp3) is 0.150. The van der Waals surface area contributed by atoms with Gasteiger partial charge in [0.2, 0.25) is 5.91 Å². The number of rotatable bonds is 4. The molecule has 1 aliphatic rings. The van der Waals surface area contributed by atoms with Crippen molar-refractivity contribution < 1.29 is 9.18 Å². The zero-order chi connectivity index (χ0) is 18.8. The van der Waals surface area contributed by atoms with Gasteiger partial charge in [-0.05, 0) is 18.2 Å². The van der Waals surface area contributed by atoms with Gasteiger partial charge in [-0.1, -0.05) is 41.9 Å². The lowest BCUT2D eigenvalue weighted by Gasteiger charge is -2.39. The van der Waals surface area contributed by atoms with Gasteiger partial charge in [-0.3, -0.25) is 4.79 Å². The summed E-state index contributed by atoms with van der Waals surface area (Å²) in [5, 5.41) is 2.91. The maximum Gasteiger partial charge on any atom is 0.231 e. The van der Waals surface area contributed by atoms with Gasteiger partial charge in [0.25, 0.3) is 0 Å². The molecule has 1 saturated heterocycles. The van der Waals surface area contributed by atoms with E-state index in [0.717, 1.165) is 17.1 Å². The van der Waals surface area contributed by atoms with Crippen LogP contribution < -0.4 is 10.2 Å². The zero-order valence-corrected chi connectivity index (χ0v) is 15.0. The summed E-state index contributed by atoms with van der Waals surface area (Å²) < 4.78 is 13.8. The Morgan fingerprint density at radius 2 is 1.89 bits per heavy atom. The largest absolute Gasteiger partial charge is 0.355 e. The molecule has 0 bridgehead atoms. The number of carbonyl (C=O) groups is 1. The Balaban J connectivity index is 1.40. The van der Waals surface area contributed by atoms with Crippen molar-refractivity contribution in [3.8, 4) is 11.3 Å².